The van der Waals surface area contributed by atoms with Crippen LogP contribution < -0.4 is 0 Å². The molecule has 5 nitrogen and oxygen atoms in total. The Labute approximate surface area is 120 Å². The maximum Gasteiger partial charge on any atom is 0.313 e. The summed E-state index contributed by atoms with van der Waals surface area (Å²) in [4.78, 5) is 29.3. The van der Waals surface area contributed by atoms with Crippen LogP contribution in [0.5, 0.6) is 0 Å². The van der Waals surface area contributed by atoms with Gasteiger partial charge in [-0.05, 0) is 26.8 Å². The molecular weight excluding hydrogens is 256 g/mol. The smallest absolute Gasteiger partial charge is 0.313 e. The van der Waals surface area contributed by atoms with Crippen molar-refractivity contribution in [1.82, 2.24) is 9.80 Å². The summed E-state index contributed by atoms with van der Waals surface area (Å²) in [5.41, 5.74) is -1.89. The van der Waals surface area contributed by atoms with Gasteiger partial charge in [0.15, 0.2) is 5.60 Å². The lowest BCUT2D eigenvalue weighted by Crippen LogP contribution is -2.58. The Morgan fingerprint density at radius 2 is 1.70 bits per heavy atom. The van der Waals surface area contributed by atoms with E-state index in [1.807, 2.05) is 25.7 Å². The van der Waals surface area contributed by atoms with Gasteiger partial charge in [0.25, 0.3) is 5.91 Å². The summed E-state index contributed by atoms with van der Waals surface area (Å²) >= 11 is 0. The van der Waals surface area contributed by atoms with Gasteiger partial charge in [0.2, 0.25) is 0 Å². The number of hydrogen-bond donors (Lipinski definition) is 0. The van der Waals surface area contributed by atoms with E-state index in [0.717, 1.165) is 32.6 Å². The normalized spacial score (nSPS) is 40.0. The number of hydrogen-bond acceptors (Lipinski definition) is 4. The fraction of sp³-hybridized carbons (Fsp3) is 0.867. The molecule has 112 valence electrons. The molecule has 1 aliphatic carbocycles. The van der Waals surface area contributed by atoms with Crippen LogP contribution in [-0.4, -0.2) is 60.5 Å². The van der Waals surface area contributed by atoms with Crippen molar-refractivity contribution < 1.29 is 14.3 Å². The first-order chi connectivity index (χ1) is 9.24. The van der Waals surface area contributed by atoms with Crippen molar-refractivity contribution in [3.8, 4) is 0 Å². The van der Waals surface area contributed by atoms with E-state index < -0.39 is 16.4 Å². The van der Waals surface area contributed by atoms with Gasteiger partial charge in [-0.15, -0.1) is 0 Å². The van der Waals surface area contributed by atoms with Gasteiger partial charge in [0, 0.05) is 31.6 Å². The predicted molar refractivity (Wildman–Crippen MR) is 74.0 cm³/mol. The highest BCUT2D eigenvalue weighted by Crippen LogP contribution is 2.65. The SMILES string of the molecule is CN1CCN(C(=O)[C@]23CC[C@](C)(C(=O)O2)C3(C)C)CC1. The monoisotopic (exact) mass is 280 g/mol. The van der Waals surface area contributed by atoms with Crippen molar-refractivity contribution in [2.45, 2.75) is 39.2 Å². The van der Waals surface area contributed by atoms with E-state index in [4.69, 9.17) is 4.74 Å². The molecule has 1 saturated carbocycles. The molecule has 2 atom stereocenters. The number of rotatable bonds is 1. The van der Waals surface area contributed by atoms with E-state index in [0.29, 0.717) is 6.42 Å². The van der Waals surface area contributed by atoms with Crippen LogP contribution in [0.25, 0.3) is 0 Å². The molecule has 2 saturated heterocycles. The van der Waals surface area contributed by atoms with Gasteiger partial charge >= 0.3 is 5.97 Å². The Morgan fingerprint density at radius 3 is 2.15 bits per heavy atom. The first kappa shape index (κ1) is 13.9. The van der Waals surface area contributed by atoms with E-state index in [1.165, 1.54) is 0 Å². The molecule has 3 fully saturated rings. The van der Waals surface area contributed by atoms with Gasteiger partial charge in [0.1, 0.15) is 0 Å². The Balaban J connectivity index is 1.90. The third kappa shape index (κ3) is 1.42. The zero-order chi connectivity index (χ0) is 14.8. The standard InChI is InChI=1S/C15H24N2O3/c1-13(2)14(3)5-6-15(13,20-12(14)19)11(18)17-9-7-16(4)8-10-17/h5-10H2,1-4H3/t14-,15+/m1/s1. The molecule has 2 bridgehead atoms. The van der Waals surface area contributed by atoms with Crippen molar-refractivity contribution in [2.75, 3.05) is 33.2 Å². The summed E-state index contributed by atoms with van der Waals surface area (Å²) in [5, 5.41) is 0. The summed E-state index contributed by atoms with van der Waals surface area (Å²) in [6.45, 7) is 9.18. The summed E-state index contributed by atoms with van der Waals surface area (Å²) in [7, 11) is 2.06. The number of amides is 1. The second-order valence-electron chi connectivity index (χ2n) is 7.27. The van der Waals surface area contributed by atoms with Gasteiger partial charge in [-0.1, -0.05) is 13.8 Å². The molecule has 0 aromatic heterocycles. The van der Waals surface area contributed by atoms with Gasteiger partial charge in [0.05, 0.1) is 5.41 Å². The second-order valence-corrected chi connectivity index (χ2v) is 7.27. The van der Waals surface area contributed by atoms with E-state index in [9.17, 15) is 9.59 Å². The Morgan fingerprint density at radius 1 is 1.10 bits per heavy atom. The molecular formula is C15H24N2O3. The molecule has 3 rings (SSSR count). The van der Waals surface area contributed by atoms with Crippen LogP contribution in [-0.2, 0) is 14.3 Å². The fourth-order valence-electron chi connectivity index (χ4n) is 3.99. The molecule has 0 spiro atoms. The lowest BCUT2D eigenvalue weighted by Gasteiger charge is -2.41. The molecule has 0 N–H and O–H groups in total. The van der Waals surface area contributed by atoms with E-state index in [-0.39, 0.29) is 11.9 Å². The van der Waals surface area contributed by atoms with Crippen LogP contribution in [0.1, 0.15) is 33.6 Å². The first-order valence-corrected chi connectivity index (χ1v) is 7.46. The minimum atomic E-state index is -0.936. The highest BCUT2D eigenvalue weighted by Gasteiger charge is 2.76. The largest absolute Gasteiger partial charge is 0.448 e. The third-order valence-corrected chi connectivity index (χ3v) is 6.22. The molecule has 0 aromatic rings. The average molecular weight is 280 g/mol. The Hall–Kier alpha value is -1.10. The zero-order valence-corrected chi connectivity index (χ0v) is 12.9. The summed E-state index contributed by atoms with van der Waals surface area (Å²) in [6.07, 6.45) is 1.41. The minimum absolute atomic E-state index is 0.0187. The van der Waals surface area contributed by atoms with Crippen LogP contribution in [0.2, 0.25) is 0 Å². The van der Waals surface area contributed by atoms with Crippen molar-refractivity contribution in [3.63, 3.8) is 0 Å². The van der Waals surface area contributed by atoms with Crippen molar-refractivity contribution >= 4 is 11.9 Å². The number of carbonyl (C=O) groups excluding carboxylic acids is 2. The number of likely N-dealkylation sites (N-methyl/N-ethyl adjacent to an activating group) is 1. The number of esters is 1. The fourth-order valence-corrected chi connectivity index (χ4v) is 3.99. The Kier molecular flexibility index (Phi) is 2.75. The summed E-state index contributed by atoms with van der Waals surface area (Å²) in [5.74, 6) is -0.179. The number of piperazine rings is 1. The van der Waals surface area contributed by atoms with Gasteiger partial charge < -0.3 is 14.5 Å². The van der Waals surface area contributed by atoms with Gasteiger partial charge in [-0.3, -0.25) is 9.59 Å². The molecule has 20 heavy (non-hydrogen) atoms. The van der Waals surface area contributed by atoms with Crippen LogP contribution in [0.4, 0.5) is 0 Å². The first-order valence-electron chi connectivity index (χ1n) is 7.46. The van der Waals surface area contributed by atoms with Crippen LogP contribution in [0.3, 0.4) is 0 Å². The van der Waals surface area contributed by atoms with Crippen LogP contribution in [0, 0.1) is 10.8 Å². The lowest BCUT2D eigenvalue weighted by atomic mass is 9.66. The maximum atomic E-state index is 13.0. The number of nitrogens with zero attached hydrogens (tertiary/aromatic N) is 2. The molecule has 5 heteroatoms. The lowest BCUT2D eigenvalue weighted by molar-refractivity contribution is -0.174. The number of ether oxygens (including phenoxy) is 1. The minimum Gasteiger partial charge on any atom is -0.448 e. The number of fused-ring (bicyclic) bond motifs is 2. The third-order valence-electron chi connectivity index (χ3n) is 6.22. The van der Waals surface area contributed by atoms with E-state index in [2.05, 4.69) is 11.9 Å². The predicted octanol–water partition coefficient (Wildman–Crippen LogP) is 0.882. The van der Waals surface area contributed by atoms with Crippen LogP contribution in [0.15, 0.2) is 0 Å². The zero-order valence-electron chi connectivity index (χ0n) is 12.9. The average Bonchev–Trinajstić information content (AvgIpc) is 2.69. The number of carbonyl (C=O) groups is 2. The molecule has 2 heterocycles. The maximum absolute atomic E-state index is 13.0. The second kappa shape index (κ2) is 3.97. The summed E-state index contributed by atoms with van der Waals surface area (Å²) < 4.78 is 5.66. The van der Waals surface area contributed by atoms with Crippen molar-refractivity contribution in [1.29, 1.82) is 0 Å². The highest BCUT2D eigenvalue weighted by molar-refractivity contribution is 5.96. The van der Waals surface area contributed by atoms with Crippen molar-refractivity contribution in [2.24, 2.45) is 10.8 Å². The molecule has 0 radical (unpaired) electrons. The molecule has 0 unspecified atom stereocenters. The topological polar surface area (TPSA) is 49.9 Å². The molecule has 0 aromatic carbocycles. The molecule has 3 aliphatic rings. The molecule has 1 amide bonds. The van der Waals surface area contributed by atoms with E-state index >= 15 is 0 Å². The summed E-state index contributed by atoms with van der Waals surface area (Å²) in [6, 6.07) is 0. The van der Waals surface area contributed by atoms with Gasteiger partial charge in [-0.2, -0.15) is 0 Å². The Bertz CT molecular complexity index is 468. The van der Waals surface area contributed by atoms with E-state index in [1.54, 1.807) is 0 Å². The molecule has 2 aliphatic heterocycles. The van der Waals surface area contributed by atoms with Gasteiger partial charge in [-0.25, -0.2) is 0 Å². The van der Waals surface area contributed by atoms with Crippen molar-refractivity contribution in [3.05, 3.63) is 0 Å². The highest BCUT2D eigenvalue weighted by atomic mass is 16.6. The quantitative estimate of drug-likeness (QED) is 0.669. The van der Waals surface area contributed by atoms with Crippen LogP contribution >= 0.6 is 0 Å².